The van der Waals surface area contributed by atoms with Crippen molar-refractivity contribution in [2.75, 3.05) is 19.0 Å². The maximum absolute atomic E-state index is 11.2. The minimum Gasteiger partial charge on any atom is -0.480 e. The van der Waals surface area contributed by atoms with Crippen LogP contribution in [0.3, 0.4) is 0 Å². The van der Waals surface area contributed by atoms with Crippen LogP contribution in [0.1, 0.15) is 23.2 Å². The van der Waals surface area contributed by atoms with Crippen molar-refractivity contribution in [2.24, 2.45) is 5.73 Å². The van der Waals surface area contributed by atoms with E-state index in [1.807, 2.05) is 0 Å². The van der Waals surface area contributed by atoms with E-state index in [0.717, 1.165) is 0 Å². The molecule has 4 N–H and O–H groups in total. The number of amides is 1. The van der Waals surface area contributed by atoms with Crippen LogP contribution in [0.5, 0.6) is 0 Å². The third-order valence-corrected chi connectivity index (χ3v) is 2.66. The number of nitrogens with one attached hydrogen (secondary N) is 1. The van der Waals surface area contributed by atoms with Gasteiger partial charge in [-0.25, -0.2) is 4.79 Å². The zero-order valence-corrected chi connectivity index (χ0v) is 10.8. The van der Waals surface area contributed by atoms with E-state index < -0.39 is 17.9 Å². The van der Waals surface area contributed by atoms with Gasteiger partial charge in [-0.15, -0.1) is 0 Å². The normalized spacial score (nSPS) is 11.8. The first kappa shape index (κ1) is 15.0. The number of aliphatic carboxylic acids is 1. The number of methoxy groups -OCH3 is 1. The van der Waals surface area contributed by atoms with Gasteiger partial charge in [-0.3, -0.25) is 4.79 Å². The minimum atomic E-state index is -0.977. The van der Waals surface area contributed by atoms with Gasteiger partial charge in [0.05, 0.1) is 5.56 Å². The Morgan fingerprint density at radius 3 is 2.68 bits per heavy atom. The van der Waals surface area contributed by atoms with Gasteiger partial charge in [0.1, 0.15) is 6.04 Å². The number of para-hydroxylation sites is 1. The number of ether oxygens (including phenoxy) is 1. The lowest BCUT2D eigenvalue weighted by atomic mass is 10.1. The van der Waals surface area contributed by atoms with Crippen LogP contribution in [-0.2, 0) is 9.53 Å². The molecular weight excluding hydrogens is 248 g/mol. The van der Waals surface area contributed by atoms with E-state index in [2.05, 4.69) is 5.32 Å². The van der Waals surface area contributed by atoms with E-state index >= 15 is 0 Å². The van der Waals surface area contributed by atoms with Crippen LogP contribution < -0.4 is 11.1 Å². The average Bonchev–Trinajstić information content (AvgIpc) is 2.38. The Kier molecular flexibility index (Phi) is 5.81. The number of carbonyl (C=O) groups excluding carboxylic acids is 1. The SMILES string of the molecule is COCCCC(Nc1ccccc1C(N)=O)C(=O)O. The molecule has 0 saturated heterocycles. The van der Waals surface area contributed by atoms with Gasteiger partial charge in [0.15, 0.2) is 0 Å². The maximum atomic E-state index is 11.2. The largest absolute Gasteiger partial charge is 0.480 e. The number of carbonyl (C=O) groups is 2. The molecule has 1 amide bonds. The van der Waals surface area contributed by atoms with Gasteiger partial charge in [0.25, 0.3) is 5.91 Å². The molecule has 1 unspecified atom stereocenters. The predicted molar refractivity (Wildman–Crippen MR) is 71.1 cm³/mol. The van der Waals surface area contributed by atoms with Crippen LogP contribution in [0.2, 0.25) is 0 Å². The third kappa shape index (κ3) is 4.59. The lowest BCUT2D eigenvalue weighted by Gasteiger charge is -2.17. The Morgan fingerprint density at radius 2 is 2.11 bits per heavy atom. The van der Waals surface area contributed by atoms with Crippen molar-refractivity contribution in [2.45, 2.75) is 18.9 Å². The van der Waals surface area contributed by atoms with Crippen molar-refractivity contribution in [1.82, 2.24) is 0 Å². The highest BCUT2D eigenvalue weighted by Crippen LogP contribution is 2.17. The highest BCUT2D eigenvalue weighted by Gasteiger charge is 2.18. The van der Waals surface area contributed by atoms with Gasteiger partial charge in [0, 0.05) is 19.4 Å². The molecule has 0 bridgehead atoms. The van der Waals surface area contributed by atoms with Gasteiger partial charge in [-0.2, -0.15) is 0 Å². The second-order valence-corrected chi connectivity index (χ2v) is 4.08. The minimum absolute atomic E-state index is 0.278. The van der Waals surface area contributed by atoms with E-state index in [0.29, 0.717) is 25.1 Å². The molecule has 19 heavy (non-hydrogen) atoms. The fourth-order valence-corrected chi connectivity index (χ4v) is 1.70. The quantitative estimate of drug-likeness (QED) is 0.611. The van der Waals surface area contributed by atoms with Gasteiger partial charge in [-0.1, -0.05) is 12.1 Å². The topological polar surface area (TPSA) is 102 Å². The number of hydrogen-bond acceptors (Lipinski definition) is 4. The summed E-state index contributed by atoms with van der Waals surface area (Å²) in [6.45, 7) is 0.489. The molecule has 0 aliphatic heterocycles. The Morgan fingerprint density at radius 1 is 1.42 bits per heavy atom. The van der Waals surface area contributed by atoms with Crippen LogP contribution in [0.25, 0.3) is 0 Å². The molecule has 0 radical (unpaired) electrons. The molecule has 0 fully saturated rings. The van der Waals surface area contributed by atoms with Crippen LogP contribution in [-0.4, -0.2) is 36.7 Å². The number of primary amides is 1. The van der Waals surface area contributed by atoms with E-state index in [9.17, 15) is 9.59 Å². The zero-order chi connectivity index (χ0) is 14.3. The highest BCUT2D eigenvalue weighted by molar-refractivity contribution is 5.99. The summed E-state index contributed by atoms with van der Waals surface area (Å²) in [4.78, 5) is 22.4. The summed E-state index contributed by atoms with van der Waals surface area (Å²) in [6.07, 6.45) is 1.01. The van der Waals surface area contributed by atoms with E-state index in [4.69, 9.17) is 15.6 Å². The van der Waals surface area contributed by atoms with E-state index in [-0.39, 0.29) is 5.56 Å². The van der Waals surface area contributed by atoms with Gasteiger partial charge < -0.3 is 20.9 Å². The Hall–Kier alpha value is -2.08. The van der Waals surface area contributed by atoms with Crippen molar-refractivity contribution in [3.05, 3.63) is 29.8 Å². The number of carboxylic acid groups (broad SMARTS) is 1. The van der Waals surface area contributed by atoms with Gasteiger partial charge in [-0.05, 0) is 25.0 Å². The van der Waals surface area contributed by atoms with Crippen molar-refractivity contribution in [3.8, 4) is 0 Å². The number of benzene rings is 1. The standard InChI is InChI=1S/C13H18N2O4/c1-19-8-4-7-11(13(17)18)15-10-6-3-2-5-9(10)12(14)16/h2-3,5-6,11,15H,4,7-8H2,1H3,(H2,14,16)(H,17,18). The van der Waals surface area contributed by atoms with Gasteiger partial charge >= 0.3 is 5.97 Å². The summed E-state index contributed by atoms with van der Waals surface area (Å²) >= 11 is 0. The molecule has 1 atom stereocenters. The maximum Gasteiger partial charge on any atom is 0.326 e. The lowest BCUT2D eigenvalue weighted by molar-refractivity contribution is -0.138. The monoisotopic (exact) mass is 266 g/mol. The molecule has 104 valence electrons. The fraction of sp³-hybridized carbons (Fsp3) is 0.385. The Bertz CT molecular complexity index is 448. The summed E-state index contributed by atoms with van der Waals surface area (Å²) in [7, 11) is 1.56. The first-order valence-electron chi connectivity index (χ1n) is 5.93. The molecule has 0 heterocycles. The first-order chi connectivity index (χ1) is 9.06. The summed E-state index contributed by atoms with van der Waals surface area (Å²) in [5, 5.41) is 12.0. The number of anilines is 1. The fourth-order valence-electron chi connectivity index (χ4n) is 1.70. The predicted octanol–water partition coefficient (Wildman–Crippen LogP) is 1.08. The average molecular weight is 266 g/mol. The van der Waals surface area contributed by atoms with E-state index in [1.165, 1.54) is 0 Å². The van der Waals surface area contributed by atoms with Crippen molar-refractivity contribution in [3.63, 3.8) is 0 Å². The second-order valence-electron chi connectivity index (χ2n) is 4.08. The summed E-state index contributed by atoms with van der Waals surface area (Å²) in [5.41, 5.74) is 5.95. The Labute approximate surface area is 111 Å². The highest BCUT2D eigenvalue weighted by atomic mass is 16.5. The molecule has 1 rings (SSSR count). The number of carboxylic acids is 1. The number of rotatable bonds is 8. The van der Waals surface area contributed by atoms with Crippen molar-refractivity contribution in [1.29, 1.82) is 0 Å². The summed E-state index contributed by atoms with van der Waals surface area (Å²) < 4.78 is 4.89. The lowest BCUT2D eigenvalue weighted by Crippen LogP contribution is -2.30. The Balaban J connectivity index is 2.79. The molecule has 0 aliphatic rings. The van der Waals surface area contributed by atoms with E-state index in [1.54, 1.807) is 31.4 Å². The first-order valence-corrected chi connectivity index (χ1v) is 5.93. The summed E-state index contributed by atoms with van der Waals surface area (Å²) in [5.74, 6) is -1.57. The molecule has 6 nitrogen and oxygen atoms in total. The van der Waals surface area contributed by atoms with Crippen LogP contribution in [0.4, 0.5) is 5.69 Å². The van der Waals surface area contributed by atoms with Crippen LogP contribution in [0.15, 0.2) is 24.3 Å². The van der Waals surface area contributed by atoms with Crippen LogP contribution in [0, 0.1) is 0 Å². The third-order valence-electron chi connectivity index (χ3n) is 2.66. The summed E-state index contributed by atoms with van der Waals surface area (Å²) in [6, 6.07) is 5.79. The number of hydrogen-bond donors (Lipinski definition) is 3. The second kappa shape index (κ2) is 7.38. The van der Waals surface area contributed by atoms with Crippen molar-refractivity contribution < 1.29 is 19.4 Å². The molecule has 0 spiro atoms. The molecule has 0 aliphatic carbocycles. The van der Waals surface area contributed by atoms with Crippen LogP contribution >= 0.6 is 0 Å². The van der Waals surface area contributed by atoms with Crippen molar-refractivity contribution >= 4 is 17.6 Å². The molecule has 1 aromatic rings. The zero-order valence-electron chi connectivity index (χ0n) is 10.8. The molecule has 0 aromatic heterocycles. The molecular formula is C13H18N2O4. The van der Waals surface area contributed by atoms with Gasteiger partial charge in [0.2, 0.25) is 0 Å². The molecule has 1 aromatic carbocycles. The smallest absolute Gasteiger partial charge is 0.326 e. The number of nitrogens with two attached hydrogens (primary N) is 1. The molecule has 0 saturated carbocycles. The molecule has 6 heteroatoms.